The molecule has 0 saturated heterocycles. The summed E-state index contributed by atoms with van der Waals surface area (Å²) in [6.45, 7) is 3.60. The molecule has 0 bridgehead atoms. The van der Waals surface area contributed by atoms with Gasteiger partial charge in [-0.1, -0.05) is 6.92 Å². The lowest BCUT2D eigenvalue weighted by Gasteiger charge is -2.20. The van der Waals surface area contributed by atoms with Gasteiger partial charge in [0, 0.05) is 38.4 Å². The van der Waals surface area contributed by atoms with Crippen LogP contribution in [0.4, 0.5) is 5.82 Å². The molecule has 1 rings (SSSR count). The summed E-state index contributed by atoms with van der Waals surface area (Å²) in [5.41, 5.74) is 1.62. The number of carbonyl (C=O) groups is 1. The zero-order valence-electron chi connectivity index (χ0n) is 12.5. The number of hydrogen-bond acceptors (Lipinski definition) is 4. The smallest absolute Gasteiger partial charge is 0.253 e. The molecule has 0 saturated carbocycles. The maximum absolute atomic E-state index is 12.3. The van der Waals surface area contributed by atoms with Crippen LogP contribution in [0.2, 0.25) is 0 Å². The number of amides is 1. The molecule has 0 aliphatic rings. The molecule has 19 heavy (non-hydrogen) atoms. The minimum atomic E-state index is 0.0375. The van der Waals surface area contributed by atoms with Crippen LogP contribution in [0.15, 0.2) is 12.1 Å². The van der Waals surface area contributed by atoms with E-state index < -0.39 is 0 Å². The third-order valence-corrected chi connectivity index (χ3v) is 2.97. The number of aromatic nitrogens is 1. The van der Waals surface area contributed by atoms with E-state index in [1.807, 2.05) is 41.2 Å². The Bertz CT molecular complexity index is 409. The van der Waals surface area contributed by atoms with E-state index >= 15 is 0 Å². The minimum Gasteiger partial charge on any atom is -0.373 e. The normalized spacial score (nSPS) is 10.6. The van der Waals surface area contributed by atoms with Crippen molar-refractivity contribution in [3.8, 4) is 0 Å². The van der Waals surface area contributed by atoms with Gasteiger partial charge < -0.3 is 15.1 Å². The standard InChI is InChI=1S/C14H24N4O/c1-6-12-9-11(10-13(15-2)16-12)14(19)18(5)8-7-17(3)4/h9-10H,6-8H2,1-5H3,(H,15,16). The van der Waals surface area contributed by atoms with Crippen molar-refractivity contribution in [3.05, 3.63) is 23.4 Å². The average molecular weight is 264 g/mol. The maximum Gasteiger partial charge on any atom is 0.253 e. The number of rotatable bonds is 6. The van der Waals surface area contributed by atoms with E-state index in [9.17, 15) is 4.79 Å². The number of nitrogens with zero attached hydrogens (tertiary/aromatic N) is 3. The summed E-state index contributed by atoms with van der Waals surface area (Å²) in [6, 6.07) is 3.67. The van der Waals surface area contributed by atoms with Gasteiger partial charge in [0.25, 0.3) is 5.91 Å². The number of hydrogen-bond donors (Lipinski definition) is 1. The van der Waals surface area contributed by atoms with Crippen LogP contribution >= 0.6 is 0 Å². The lowest BCUT2D eigenvalue weighted by Crippen LogP contribution is -2.33. The highest BCUT2D eigenvalue weighted by Crippen LogP contribution is 2.12. The molecule has 1 heterocycles. The van der Waals surface area contributed by atoms with E-state index in [1.165, 1.54) is 0 Å². The first-order valence-corrected chi connectivity index (χ1v) is 6.56. The van der Waals surface area contributed by atoms with E-state index in [1.54, 1.807) is 11.0 Å². The molecule has 106 valence electrons. The highest BCUT2D eigenvalue weighted by Gasteiger charge is 2.13. The zero-order chi connectivity index (χ0) is 14.4. The predicted molar refractivity (Wildman–Crippen MR) is 78.7 cm³/mol. The lowest BCUT2D eigenvalue weighted by atomic mass is 10.1. The Balaban J connectivity index is 2.85. The van der Waals surface area contributed by atoms with Crippen LogP contribution in [0.1, 0.15) is 23.0 Å². The molecule has 0 atom stereocenters. The molecule has 1 aromatic heterocycles. The summed E-state index contributed by atoms with van der Waals surface area (Å²) in [5, 5.41) is 3.00. The van der Waals surface area contributed by atoms with E-state index in [-0.39, 0.29) is 5.91 Å². The second-order valence-corrected chi connectivity index (χ2v) is 4.87. The van der Waals surface area contributed by atoms with Crippen molar-refractivity contribution in [1.82, 2.24) is 14.8 Å². The highest BCUT2D eigenvalue weighted by molar-refractivity contribution is 5.94. The summed E-state index contributed by atoms with van der Waals surface area (Å²) in [7, 11) is 7.64. The fourth-order valence-electron chi connectivity index (χ4n) is 1.69. The molecule has 0 spiro atoms. The first-order chi connectivity index (χ1) is 8.97. The lowest BCUT2D eigenvalue weighted by molar-refractivity contribution is 0.0786. The van der Waals surface area contributed by atoms with E-state index in [0.717, 1.165) is 24.5 Å². The van der Waals surface area contributed by atoms with Gasteiger partial charge in [0.2, 0.25) is 0 Å². The molecule has 5 heteroatoms. The average Bonchev–Trinajstić information content (AvgIpc) is 2.42. The molecule has 1 amide bonds. The van der Waals surface area contributed by atoms with Gasteiger partial charge in [-0.15, -0.1) is 0 Å². The predicted octanol–water partition coefficient (Wildman–Crippen LogP) is 1.32. The minimum absolute atomic E-state index is 0.0375. The second kappa shape index (κ2) is 7.09. The first kappa shape index (κ1) is 15.4. The summed E-state index contributed by atoms with van der Waals surface area (Å²) >= 11 is 0. The van der Waals surface area contributed by atoms with Crippen molar-refractivity contribution >= 4 is 11.7 Å². The summed E-state index contributed by atoms with van der Waals surface area (Å²) in [4.78, 5) is 20.5. The molecule has 1 aromatic rings. The SMILES string of the molecule is CCc1cc(C(=O)N(C)CCN(C)C)cc(NC)n1. The van der Waals surface area contributed by atoms with Crippen LogP contribution in [-0.2, 0) is 6.42 Å². The largest absolute Gasteiger partial charge is 0.373 e. The second-order valence-electron chi connectivity index (χ2n) is 4.87. The number of likely N-dealkylation sites (N-methyl/N-ethyl adjacent to an activating group) is 2. The third kappa shape index (κ3) is 4.52. The van der Waals surface area contributed by atoms with Gasteiger partial charge in [-0.2, -0.15) is 0 Å². The fourth-order valence-corrected chi connectivity index (χ4v) is 1.69. The molecule has 0 radical (unpaired) electrons. The Hall–Kier alpha value is -1.62. The van der Waals surface area contributed by atoms with Crippen molar-refractivity contribution in [2.24, 2.45) is 0 Å². The molecular weight excluding hydrogens is 240 g/mol. The van der Waals surface area contributed by atoms with E-state index in [0.29, 0.717) is 12.1 Å². The number of aryl methyl sites for hydroxylation is 1. The van der Waals surface area contributed by atoms with Gasteiger partial charge in [0.1, 0.15) is 5.82 Å². The molecular formula is C14H24N4O. The van der Waals surface area contributed by atoms with Crippen molar-refractivity contribution in [2.75, 3.05) is 46.6 Å². The van der Waals surface area contributed by atoms with Crippen LogP contribution in [0, 0.1) is 0 Å². The van der Waals surface area contributed by atoms with Crippen LogP contribution < -0.4 is 5.32 Å². The first-order valence-electron chi connectivity index (χ1n) is 6.56. The number of pyridine rings is 1. The van der Waals surface area contributed by atoms with Gasteiger partial charge in [-0.3, -0.25) is 4.79 Å². The Morgan fingerprint density at radius 1 is 1.26 bits per heavy atom. The quantitative estimate of drug-likeness (QED) is 0.842. The van der Waals surface area contributed by atoms with Gasteiger partial charge in [-0.25, -0.2) is 4.98 Å². The summed E-state index contributed by atoms with van der Waals surface area (Å²) in [5.74, 6) is 0.777. The van der Waals surface area contributed by atoms with Crippen molar-refractivity contribution in [3.63, 3.8) is 0 Å². The Morgan fingerprint density at radius 2 is 1.95 bits per heavy atom. The number of carbonyl (C=O) groups excluding carboxylic acids is 1. The summed E-state index contributed by atoms with van der Waals surface area (Å²) < 4.78 is 0. The summed E-state index contributed by atoms with van der Waals surface area (Å²) in [6.07, 6.45) is 0.817. The monoisotopic (exact) mass is 264 g/mol. The topological polar surface area (TPSA) is 48.5 Å². The molecule has 0 fully saturated rings. The third-order valence-electron chi connectivity index (χ3n) is 2.97. The molecule has 0 aliphatic heterocycles. The van der Waals surface area contributed by atoms with Gasteiger partial charge in [0.05, 0.1) is 0 Å². The van der Waals surface area contributed by atoms with Gasteiger partial charge in [0.15, 0.2) is 0 Å². The molecule has 0 unspecified atom stereocenters. The van der Waals surface area contributed by atoms with Crippen LogP contribution in [0.5, 0.6) is 0 Å². The highest BCUT2D eigenvalue weighted by atomic mass is 16.2. The van der Waals surface area contributed by atoms with Crippen LogP contribution in [-0.4, -0.2) is 62.0 Å². The van der Waals surface area contributed by atoms with Crippen molar-refractivity contribution < 1.29 is 4.79 Å². The molecule has 5 nitrogen and oxygen atoms in total. The zero-order valence-corrected chi connectivity index (χ0v) is 12.5. The molecule has 0 aromatic carbocycles. The molecule has 0 aliphatic carbocycles. The van der Waals surface area contributed by atoms with E-state index in [2.05, 4.69) is 15.2 Å². The van der Waals surface area contributed by atoms with Gasteiger partial charge in [-0.05, 0) is 32.6 Å². The van der Waals surface area contributed by atoms with Gasteiger partial charge >= 0.3 is 0 Å². The number of anilines is 1. The fraction of sp³-hybridized carbons (Fsp3) is 0.571. The van der Waals surface area contributed by atoms with Crippen molar-refractivity contribution in [2.45, 2.75) is 13.3 Å². The van der Waals surface area contributed by atoms with Crippen LogP contribution in [0.3, 0.4) is 0 Å². The Morgan fingerprint density at radius 3 is 2.47 bits per heavy atom. The van der Waals surface area contributed by atoms with Crippen molar-refractivity contribution in [1.29, 1.82) is 0 Å². The van der Waals surface area contributed by atoms with Crippen LogP contribution in [0.25, 0.3) is 0 Å². The Kier molecular flexibility index (Phi) is 5.76. The van der Waals surface area contributed by atoms with E-state index in [4.69, 9.17) is 0 Å². The maximum atomic E-state index is 12.3. The number of nitrogens with one attached hydrogen (secondary N) is 1. The molecule has 1 N–H and O–H groups in total. The Labute approximate surface area is 115 Å².